The highest BCUT2D eigenvalue weighted by atomic mass is 79.9. The van der Waals surface area contributed by atoms with Crippen molar-refractivity contribution in [3.63, 3.8) is 0 Å². The Hall–Kier alpha value is -1.36. The van der Waals surface area contributed by atoms with Crippen LogP contribution in [0.5, 0.6) is 0 Å². The number of halogens is 1. The zero-order valence-corrected chi connectivity index (χ0v) is 8.29. The lowest BCUT2D eigenvalue weighted by molar-refractivity contribution is 1.15. The fourth-order valence-electron chi connectivity index (χ4n) is 0.534. The number of hydrogen-bond acceptors (Lipinski definition) is 4. The highest BCUT2D eigenvalue weighted by Crippen LogP contribution is 2.00. The van der Waals surface area contributed by atoms with E-state index < -0.39 is 0 Å². The third-order valence-corrected chi connectivity index (χ3v) is 1.42. The highest BCUT2D eigenvalue weighted by Gasteiger charge is 1.76. The molecule has 2 heterocycles. The number of hydrogen-bond donors (Lipinski definition) is 0. The summed E-state index contributed by atoms with van der Waals surface area (Å²) in [5.74, 6) is 0. The molecule has 0 spiro atoms. The van der Waals surface area contributed by atoms with Crippen molar-refractivity contribution in [1.29, 1.82) is 0 Å². The Morgan fingerprint density at radius 2 is 1.38 bits per heavy atom. The molecule has 2 aromatic heterocycles. The van der Waals surface area contributed by atoms with Crippen LogP contribution in [0, 0.1) is 0 Å². The van der Waals surface area contributed by atoms with E-state index in [0.29, 0.717) is 0 Å². The predicted molar refractivity (Wildman–Crippen MR) is 51.8 cm³/mol. The van der Waals surface area contributed by atoms with Gasteiger partial charge in [0.2, 0.25) is 0 Å². The molecule has 0 aliphatic heterocycles. The molecule has 0 bridgehead atoms. The van der Waals surface area contributed by atoms with Gasteiger partial charge in [-0.1, -0.05) is 0 Å². The molecule has 13 heavy (non-hydrogen) atoms. The maximum Gasteiger partial charge on any atom is 0.115 e. The molecule has 0 unspecified atom stereocenters. The normalized spacial score (nSPS) is 8.38. The van der Waals surface area contributed by atoms with Crippen LogP contribution in [0.2, 0.25) is 0 Å². The summed E-state index contributed by atoms with van der Waals surface area (Å²) in [4.78, 5) is 14.8. The van der Waals surface area contributed by atoms with Crippen molar-refractivity contribution in [1.82, 2.24) is 19.9 Å². The van der Waals surface area contributed by atoms with E-state index in [1.165, 1.54) is 12.7 Å². The molecular formula is C8H7BrN4. The Labute approximate surface area is 84.2 Å². The van der Waals surface area contributed by atoms with E-state index in [-0.39, 0.29) is 0 Å². The average Bonchev–Trinajstić information content (AvgIpc) is 2.22. The summed E-state index contributed by atoms with van der Waals surface area (Å²) < 4.78 is 0.912. The van der Waals surface area contributed by atoms with Crippen molar-refractivity contribution in [2.45, 2.75) is 0 Å². The summed E-state index contributed by atoms with van der Waals surface area (Å²) in [7, 11) is 0. The van der Waals surface area contributed by atoms with E-state index in [9.17, 15) is 0 Å². The van der Waals surface area contributed by atoms with E-state index in [2.05, 4.69) is 35.9 Å². The Morgan fingerprint density at radius 3 is 1.62 bits per heavy atom. The molecule has 4 nitrogen and oxygen atoms in total. The first-order chi connectivity index (χ1) is 6.39. The minimum atomic E-state index is 0.912. The number of nitrogens with zero attached hydrogens (tertiary/aromatic N) is 4. The molecule has 0 atom stereocenters. The summed E-state index contributed by atoms with van der Waals surface area (Å²) in [6.45, 7) is 0. The van der Waals surface area contributed by atoms with Crippen LogP contribution in [-0.4, -0.2) is 19.9 Å². The van der Waals surface area contributed by atoms with Gasteiger partial charge in [-0.15, -0.1) is 0 Å². The van der Waals surface area contributed by atoms with Crippen LogP contribution < -0.4 is 0 Å². The topological polar surface area (TPSA) is 51.6 Å². The van der Waals surface area contributed by atoms with Crippen LogP contribution in [-0.2, 0) is 0 Å². The second kappa shape index (κ2) is 6.19. The smallest absolute Gasteiger partial charge is 0.115 e. The first kappa shape index (κ1) is 9.73. The van der Waals surface area contributed by atoms with Crippen molar-refractivity contribution in [2.24, 2.45) is 0 Å². The zero-order chi connectivity index (χ0) is 9.36. The summed E-state index contributed by atoms with van der Waals surface area (Å²) in [5, 5.41) is 0. The van der Waals surface area contributed by atoms with Gasteiger partial charge in [-0.2, -0.15) is 0 Å². The van der Waals surface area contributed by atoms with Gasteiger partial charge in [-0.05, 0) is 22.0 Å². The van der Waals surface area contributed by atoms with Crippen LogP contribution in [0.25, 0.3) is 0 Å². The lowest BCUT2D eigenvalue weighted by atomic mass is 10.7. The second-order valence-corrected chi connectivity index (χ2v) is 2.88. The molecule has 66 valence electrons. The Balaban J connectivity index is 0.000000132. The lowest BCUT2D eigenvalue weighted by Gasteiger charge is -1.79. The molecule has 2 aromatic rings. The molecule has 2 rings (SSSR count). The molecule has 0 aliphatic rings. The molecule has 0 aliphatic carbocycles. The second-order valence-electron chi connectivity index (χ2n) is 1.96. The first-order valence-electron chi connectivity index (χ1n) is 3.50. The Morgan fingerprint density at radius 1 is 0.846 bits per heavy atom. The van der Waals surface area contributed by atoms with Gasteiger partial charge in [0.05, 0.1) is 4.47 Å². The van der Waals surface area contributed by atoms with Gasteiger partial charge in [0.1, 0.15) is 12.7 Å². The van der Waals surface area contributed by atoms with Crippen molar-refractivity contribution >= 4 is 15.9 Å². The van der Waals surface area contributed by atoms with Crippen LogP contribution >= 0.6 is 15.9 Å². The van der Waals surface area contributed by atoms with E-state index in [1.807, 2.05) is 0 Å². The molecule has 0 fully saturated rings. The maximum absolute atomic E-state index is 3.73. The van der Waals surface area contributed by atoms with Gasteiger partial charge in [-0.3, -0.25) is 0 Å². The van der Waals surface area contributed by atoms with Crippen molar-refractivity contribution in [3.8, 4) is 0 Å². The molecule has 0 amide bonds. The zero-order valence-electron chi connectivity index (χ0n) is 6.71. The number of aromatic nitrogens is 4. The molecular weight excluding hydrogens is 232 g/mol. The van der Waals surface area contributed by atoms with Gasteiger partial charge < -0.3 is 0 Å². The van der Waals surface area contributed by atoms with E-state index in [1.54, 1.807) is 30.9 Å². The average molecular weight is 239 g/mol. The summed E-state index contributed by atoms with van der Waals surface area (Å²) in [6.07, 6.45) is 9.74. The predicted octanol–water partition coefficient (Wildman–Crippen LogP) is 1.72. The maximum atomic E-state index is 3.73. The summed E-state index contributed by atoms with van der Waals surface area (Å²) in [6, 6.07) is 1.78. The third-order valence-electron chi connectivity index (χ3n) is 1.01. The Kier molecular flexibility index (Phi) is 4.63. The van der Waals surface area contributed by atoms with Gasteiger partial charge in [-0.25, -0.2) is 19.9 Å². The standard InChI is InChI=1S/C4H3BrN2.C4H4N2/c5-4-1-6-3-7-2-4;1-2-5-4-6-3-1/h1-3H;1-4H. The van der Waals surface area contributed by atoms with Crippen LogP contribution in [0.15, 0.2) is 48.0 Å². The first-order valence-corrected chi connectivity index (χ1v) is 4.29. The molecule has 0 N–H and O–H groups in total. The van der Waals surface area contributed by atoms with Crippen molar-refractivity contribution in [3.05, 3.63) is 48.0 Å². The molecule has 0 aromatic carbocycles. The van der Waals surface area contributed by atoms with Crippen molar-refractivity contribution in [2.75, 3.05) is 0 Å². The SMILES string of the molecule is Brc1cncnc1.c1cncnc1. The minimum absolute atomic E-state index is 0.912. The van der Waals surface area contributed by atoms with Gasteiger partial charge in [0.15, 0.2) is 0 Å². The monoisotopic (exact) mass is 238 g/mol. The fourth-order valence-corrected chi connectivity index (χ4v) is 0.771. The quantitative estimate of drug-likeness (QED) is 0.702. The molecule has 0 radical (unpaired) electrons. The minimum Gasteiger partial charge on any atom is -0.245 e. The van der Waals surface area contributed by atoms with Gasteiger partial charge >= 0.3 is 0 Å². The van der Waals surface area contributed by atoms with E-state index >= 15 is 0 Å². The lowest BCUT2D eigenvalue weighted by Crippen LogP contribution is -1.71. The molecule has 0 saturated carbocycles. The van der Waals surface area contributed by atoms with Crippen LogP contribution in [0.4, 0.5) is 0 Å². The molecule has 0 saturated heterocycles. The van der Waals surface area contributed by atoms with E-state index in [0.717, 1.165) is 4.47 Å². The van der Waals surface area contributed by atoms with E-state index in [4.69, 9.17) is 0 Å². The number of rotatable bonds is 0. The fraction of sp³-hybridized carbons (Fsp3) is 0. The van der Waals surface area contributed by atoms with Crippen LogP contribution in [0.3, 0.4) is 0 Å². The third kappa shape index (κ3) is 4.97. The van der Waals surface area contributed by atoms with Gasteiger partial charge in [0.25, 0.3) is 0 Å². The van der Waals surface area contributed by atoms with Crippen molar-refractivity contribution < 1.29 is 0 Å². The molecule has 5 heteroatoms. The summed E-state index contributed by atoms with van der Waals surface area (Å²) in [5.41, 5.74) is 0. The van der Waals surface area contributed by atoms with Gasteiger partial charge in [0, 0.05) is 24.8 Å². The Bertz CT molecular complexity index is 287. The summed E-state index contributed by atoms with van der Waals surface area (Å²) >= 11 is 3.19. The van der Waals surface area contributed by atoms with Crippen LogP contribution in [0.1, 0.15) is 0 Å². The highest BCUT2D eigenvalue weighted by molar-refractivity contribution is 9.10. The largest absolute Gasteiger partial charge is 0.245 e.